The molecule has 9 nitrogen and oxygen atoms in total. The Morgan fingerprint density at radius 1 is 1.40 bits per heavy atom. The number of hydrogen-bond acceptors (Lipinski definition) is 6. The summed E-state index contributed by atoms with van der Waals surface area (Å²) in [6.45, 7) is 3.36. The van der Waals surface area contributed by atoms with Crippen LogP contribution in [0.25, 0.3) is 0 Å². The number of rotatable bonds is 5. The van der Waals surface area contributed by atoms with Gasteiger partial charge >= 0.3 is 22.3 Å². The molecule has 0 atom stereocenters. The van der Waals surface area contributed by atoms with E-state index in [1.165, 1.54) is 6.20 Å². The molecule has 1 heterocycles. The van der Waals surface area contributed by atoms with Crippen LogP contribution in [0.1, 0.15) is 23.0 Å². The van der Waals surface area contributed by atoms with E-state index in [1.807, 2.05) is 4.72 Å². The summed E-state index contributed by atoms with van der Waals surface area (Å²) in [6.07, 6.45) is 0.125. The van der Waals surface area contributed by atoms with Crippen LogP contribution in [0.2, 0.25) is 0 Å². The van der Waals surface area contributed by atoms with Crippen molar-refractivity contribution in [1.29, 1.82) is 0 Å². The Balaban J connectivity index is 2.99. The maximum Gasteiger partial charge on any atom is 0.422 e. The fourth-order valence-electron chi connectivity index (χ4n) is 1.40. The SMILES string of the molecule is CCOC(=O)c1c(NS(=O)(=O)NC(=O)OC)c[nH]c1C. The normalized spacial score (nSPS) is 10.8. The lowest BCUT2D eigenvalue weighted by Crippen LogP contribution is -2.35. The summed E-state index contributed by atoms with van der Waals surface area (Å²) in [6, 6.07) is 0. The second-order valence-corrected chi connectivity index (χ2v) is 5.04. The first-order chi connectivity index (χ1) is 9.30. The molecule has 1 aromatic heterocycles. The molecule has 0 unspecified atom stereocenters. The summed E-state index contributed by atoms with van der Waals surface area (Å²) in [5, 5.41) is 0. The number of esters is 1. The van der Waals surface area contributed by atoms with Crippen molar-refractivity contribution in [2.45, 2.75) is 13.8 Å². The van der Waals surface area contributed by atoms with E-state index in [0.29, 0.717) is 5.69 Å². The number of ether oxygens (including phenoxy) is 2. The minimum atomic E-state index is -4.21. The van der Waals surface area contributed by atoms with Crippen LogP contribution in [0.4, 0.5) is 10.5 Å². The van der Waals surface area contributed by atoms with Gasteiger partial charge in [0.05, 0.1) is 19.4 Å². The molecule has 3 N–H and O–H groups in total. The second-order valence-electron chi connectivity index (χ2n) is 3.62. The maximum atomic E-state index is 11.7. The first-order valence-electron chi connectivity index (χ1n) is 5.54. The Morgan fingerprint density at radius 2 is 2.05 bits per heavy atom. The number of nitrogens with one attached hydrogen (secondary N) is 3. The van der Waals surface area contributed by atoms with Crippen LogP contribution < -0.4 is 9.44 Å². The number of aromatic amines is 1. The third-order valence-electron chi connectivity index (χ3n) is 2.20. The molecule has 0 spiro atoms. The maximum absolute atomic E-state index is 11.7. The highest BCUT2D eigenvalue weighted by Crippen LogP contribution is 2.21. The monoisotopic (exact) mass is 305 g/mol. The molecule has 0 saturated carbocycles. The zero-order valence-electron chi connectivity index (χ0n) is 11.1. The first kappa shape index (κ1) is 15.8. The molecular weight excluding hydrogens is 290 g/mol. The van der Waals surface area contributed by atoms with Crippen LogP contribution in [0.3, 0.4) is 0 Å². The predicted molar refractivity (Wildman–Crippen MR) is 69.6 cm³/mol. The molecule has 0 aliphatic heterocycles. The highest BCUT2D eigenvalue weighted by Gasteiger charge is 2.22. The minimum absolute atomic E-state index is 0.0302. The number of anilines is 1. The van der Waals surface area contributed by atoms with E-state index in [2.05, 4.69) is 9.72 Å². The molecule has 1 rings (SSSR count). The number of methoxy groups -OCH3 is 1. The molecule has 10 heteroatoms. The Hall–Kier alpha value is -2.23. The number of H-pyrrole nitrogens is 1. The summed E-state index contributed by atoms with van der Waals surface area (Å²) in [5.41, 5.74) is 0.443. The third-order valence-corrected chi connectivity index (χ3v) is 3.13. The van der Waals surface area contributed by atoms with Gasteiger partial charge in [0.15, 0.2) is 0 Å². The third kappa shape index (κ3) is 3.88. The first-order valence-corrected chi connectivity index (χ1v) is 7.02. The highest BCUT2D eigenvalue weighted by atomic mass is 32.2. The van der Waals surface area contributed by atoms with E-state index in [1.54, 1.807) is 18.6 Å². The predicted octanol–water partition coefficient (Wildman–Crippen LogP) is 0.513. The van der Waals surface area contributed by atoms with Crippen LogP contribution in [0.5, 0.6) is 0 Å². The number of hydrogen-bond donors (Lipinski definition) is 3. The average molecular weight is 305 g/mol. The number of amides is 1. The van der Waals surface area contributed by atoms with Gasteiger partial charge in [-0.05, 0) is 13.8 Å². The molecule has 0 aliphatic carbocycles. The van der Waals surface area contributed by atoms with Gasteiger partial charge in [0.25, 0.3) is 0 Å². The van der Waals surface area contributed by atoms with Crippen molar-refractivity contribution in [2.75, 3.05) is 18.4 Å². The Bertz CT molecular complexity index is 607. The zero-order valence-corrected chi connectivity index (χ0v) is 12.0. The van der Waals surface area contributed by atoms with Gasteiger partial charge in [0.2, 0.25) is 0 Å². The van der Waals surface area contributed by atoms with Crippen molar-refractivity contribution in [3.8, 4) is 0 Å². The lowest BCUT2D eigenvalue weighted by atomic mass is 10.2. The molecule has 1 aromatic rings. The van der Waals surface area contributed by atoms with Crippen molar-refractivity contribution in [3.05, 3.63) is 17.5 Å². The van der Waals surface area contributed by atoms with Crippen LogP contribution in [0, 0.1) is 6.92 Å². The molecule has 112 valence electrons. The highest BCUT2D eigenvalue weighted by molar-refractivity contribution is 7.91. The standard InChI is InChI=1S/C10H15N3O6S/c1-4-19-9(14)8-6(2)11-5-7(8)12-20(16,17)13-10(15)18-3/h5,11-12H,4H2,1-3H3,(H,13,15). The fourth-order valence-corrected chi connectivity index (χ4v) is 2.20. The summed E-state index contributed by atoms with van der Waals surface area (Å²) >= 11 is 0. The van der Waals surface area contributed by atoms with Gasteiger partial charge in [0, 0.05) is 11.9 Å². The molecule has 0 fully saturated rings. The molecule has 0 aromatic carbocycles. The van der Waals surface area contributed by atoms with Gasteiger partial charge in [-0.15, -0.1) is 0 Å². The van der Waals surface area contributed by atoms with Crippen molar-refractivity contribution < 1.29 is 27.5 Å². The number of carbonyl (C=O) groups excluding carboxylic acids is 2. The smallest absolute Gasteiger partial charge is 0.422 e. The van der Waals surface area contributed by atoms with Gasteiger partial charge < -0.3 is 14.5 Å². The van der Waals surface area contributed by atoms with Crippen molar-refractivity contribution in [2.24, 2.45) is 0 Å². The minimum Gasteiger partial charge on any atom is -0.462 e. The summed E-state index contributed by atoms with van der Waals surface area (Å²) in [5.74, 6) is -0.679. The molecule has 1 amide bonds. The van der Waals surface area contributed by atoms with E-state index in [0.717, 1.165) is 7.11 Å². The molecule has 0 saturated heterocycles. The molecule has 0 bridgehead atoms. The largest absolute Gasteiger partial charge is 0.462 e. The van der Waals surface area contributed by atoms with E-state index in [4.69, 9.17) is 4.74 Å². The van der Waals surface area contributed by atoms with Gasteiger partial charge in [-0.25, -0.2) is 14.3 Å². The molecule has 0 aliphatic rings. The lowest BCUT2D eigenvalue weighted by molar-refractivity contribution is 0.0527. The lowest BCUT2D eigenvalue weighted by Gasteiger charge is -2.09. The van der Waals surface area contributed by atoms with E-state index < -0.39 is 22.3 Å². The Morgan fingerprint density at radius 3 is 2.60 bits per heavy atom. The van der Waals surface area contributed by atoms with Crippen LogP contribution >= 0.6 is 0 Å². The topological polar surface area (TPSA) is 127 Å². The second kappa shape index (κ2) is 6.28. The number of aromatic nitrogens is 1. The summed E-state index contributed by atoms with van der Waals surface area (Å²) < 4.78 is 35.9. The fraction of sp³-hybridized carbons (Fsp3) is 0.400. The molecule has 20 heavy (non-hydrogen) atoms. The average Bonchev–Trinajstić information content (AvgIpc) is 2.69. The van der Waals surface area contributed by atoms with Crippen molar-refractivity contribution >= 4 is 28.0 Å². The van der Waals surface area contributed by atoms with Gasteiger partial charge in [-0.1, -0.05) is 0 Å². The van der Waals surface area contributed by atoms with Crippen LogP contribution in [-0.4, -0.2) is 39.2 Å². The van der Waals surface area contributed by atoms with Gasteiger partial charge in [-0.3, -0.25) is 4.72 Å². The van der Waals surface area contributed by atoms with Crippen molar-refractivity contribution in [3.63, 3.8) is 0 Å². The number of aryl methyl sites for hydroxylation is 1. The summed E-state index contributed by atoms with van der Waals surface area (Å²) in [4.78, 5) is 25.3. The van der Waals surface area contributed by atoms with E-state index >= 15 is 0 Å². The Labute approximate surface area is 115 Å². The molecule has 0 radical (unpaired) electrons. The van der Waals surface area contributed by atoms with E-state index in [9.17, 15) is 18.0 Å². The van der Waals surface area contributed by atoms with Crippen LogP contribution in [0.15, 0.2) is 6.20 Å². The quantitative estimate of drug-likeness (QED) is 0.680. The van der Waals surface area contributed by atoms with E-state index in [-0.39, 0.29) is 17.9 Å². The van der Waals surface area contributed by atoms with Crippen LogP contribution in [-0.2, 0) is 19.7 Å². The molecular formula is C10H15N3O6S. The summed E-state index contributed by atoms with van der Waals surface area (Å²) in [7, 11) is -3.18. The van der Waals surface area contributed by atoms with Gasteiger partial charge in [-0.2, -0.15) is 8.42 Å². The number of carbonyl (C=O) groups is 2. The Kier molecular flexibility index (Phi) is 4.97. The zero-order chi connectivity index (χ0) is 15.3. The van der Waals surface area contributed by atoms with Crippen molar-refractivity contribution in [1.82, 2.24) is 9.71 Å². The van der Waals surface area contributed by atoms with Gasteiger partial charge in [0.1, 0.15) is 5.56 Å².